The molecule has 2 N–H and O–H groups in total. The van der Waals surface area contributed by atoms with Crippen molar-refractivity contribution in [2.24, 2.45) is 0 Å². The molecule has 2 rings (SSSR count). The Morgan fingerprint density at radius 2 is 2.00 bits per heavy atom. The van der Waals surface area contributed by atoms with Gasteiger partial charge in [0.1, 0.15) is 5.75 Å². The maximum Gasteiger partial charge on any atom is 0.120 e. The van der Waals surface area contributed by atoms with Gasteiger partial charge in [0.25, 0.3) is 0 Å². The number of hydrogen-bond acceptors (Lipinski definition) is 3. The topological polar surface area (TPSA) is 35.5 Å². The lowest BCUT2D eigenvalue weighted by atomic mass is 10.1. The Morgan fingerprint density at radius 1 is 1.35 bits per heavy atom. The lowest BCUT2D eigenvalue weighted by molar-refractivity contribution is 0.165. The Labute approximate surface area is 111 Å². The molecule has 1 heterocycles. The molecule has 1 fully saturated rings. The first kappa shape index (κ1) is 12.9. The third kappa shape index (κ3) is 3.44. The zero-order valence-corrected chi connectivity index (χ0v) is 11.9. The van der Waals surface area contributed by atoms with Gasteiger partial charge in [-0.3, -0.25) is 4.90 Å². The minimum Gasteiger partial charge on any atom is -0.508 e. The number of benzene rings is 1. The van der Waals surface area contributed by atoms with Crippen molar-refractivity contribution in [3.8, 4) is 5.75 Å². The predicted octanol–water partition coefficient (Wildman–Crippen LogP) is 2.34. The summed E-state index contributed by atoms with van der Waals surface area (Å²) in [6, 6.07) is 6.62. The summed E-state index contributed by atoms with van der Waals surface area (Å²) in [5.41, 5.74) is 0.987. The van der Waals surface area contributed by atoms with Gasteiger partial charge in [-0.15, -0.1) is 0 Å². The van der Waals surface area contributed by atoms with Gasteiger partial charge in [0.15, 0.2) is 0 Å². The summed E-state index contributed by atoms with van der Waals surface area (Å²) in [5, 5.41) is 13.3. The predicted molar refractivity (Wildman–Crippen MR) is 73.1 cm³/mol. The van der Waals surface area contributed by atoms with Gasteiger partial charge >= 0.3 is 0 Å². The second kappa shape index (κ2) is 5.38. The molecule has 94 valence electrons. The normalized spacial score (nSPS) is 26.1. The van der Waals surface area contributed by atoms with Crippen molar-refractivity contribution in [2.75, 3.05) is 13.1 Å². The van der Waals surface area contributed by atoms with Crippen LogP contribution in [0.15, 0.2) is 22.7 Å². The number of nitrogens with one attached hydrogen (secondary N) is 1. The van der Waals surface area contributed by atoms with Crippen molar-refractivity contribution in [3.63, 3.8) is 0 Å². The van der Waals surface area contributed by atoms with E-state index in [-0.39, 0.29) is 0 Å². The standard InChI is InChI=1S/C13H19BrN2O/c1-9-6-16(7-10(2)15-9)8-11-5-12(14)3-4-13(11)17/h3-5,9-10,15,17H,6-8H2,1-2H3/t9-,10+. The van der Waals surface area contributed by atoms with Gasteiger partial charge in [-0.25, -0.2) is 0 Å². The first-order valence-corrected chi connectivity index (χ1v) is 6.79. The molecule has 4 heteroatoms. The van der Waals surface area contributed by atoms with Gasteiger partial charge in [0, 0.05) is 41.8 Å². The van der Waals surface area contributed by atoms with Crippen molar-refractivity contribution in [3.05, 3.63) is 28.2 Å². The number of piperazine rings is 1. The molecule has 1 aliphatic rings. The molecule has 0 aliphatic carbocycles. The summed E-state index contributed by atoms with van der Waals surface area (Å²) in [6.07, 6.45) is 0. The Balaban J connectivity index is 2.07. The average molecular weight is 299 g/mol. The summed E-state index contributed by atoms with van der Waals surface area (Å²) < 4.78 is 1.02. The van der Waals surface area contributed by atoms with Crippen LogP contribution in [0.4, 0.5) is 0 Å². The molecule has 2 atom stereocenters. The zero-order chi connectivity index (χ0) is 12.4. The fourth-order valence-corrected chi connectivity index (χ4v) is 2.90. The lowest BCUT2D eigenvalue weighted by Crippen LogP contribution is -2.53. The van der Waals surface area contributed by atoms with Gasteiger partial charge in [0.2, 0.25) is 0 Å². The number of phenols is 1. The molecule has 0 bridgehead atoms. The highest BCUT2D eigenvalue weighted by Gasteiger charge is 2.21. The Kier molecular flexibility index (Phi) is 4.07. The monoisotopic (exact) mass is 298 g/mol. The van der Waals surface area contributed by atoms with E-state index in [2.05, 4.69) is 40.0 Å². The lowest BCUT2D eigenvalue weighted by Gasteiger charge is -2.36. The highest BCUT2D eigenvalue weighted by atomic mass is 79.9. The number of phenolic OH excluding ortho intramolecular Hbond substituents is 1. The third-order valence-electron chi connectivity index (χ3n) is 3.07. The number of aromatic hydroxyl groups is 1. The van der Waals surface area contributed by atoms with E-state index in [0.29, 0.717) is 17.8 Å². The Morgan fingerprint density at radius 3 is 2.65 bits per heavy atom. The van der Waals surface area contributed by atoms with Gasteiger partial charge < -0.3 is 10.4 Å². The average Bonchev–Trinajstić information content (AvgIpc) is 2.22. The second-order valence-corrected chi connectivity index (χ2v) is 5.85. The van der Waals surface area contributed by atoms with Crippen LogP contribution in [-0.4, -0.2) is 35.2 Å². The first-order valence-electron chi connectivity index (χ1n) is 6.00. The molecule has 1 aromatic rings. The highest BCUT2D eigenvalue weighted by molar-refractivity contribution is 9.10. The van der Waals surface area contributed by atoms with Gasteiger partial charge in [0.05, 0.1) is 0 Å². The zero-order valence-electron chi connectivity index (χ0n) is 10.3. The van der Waals surface area contributed by atoms with Crippen LogP contribution in [-0.2, 0) is 6.54 Å². The maximum atomic E-state index is 9.83. The third-order valence-corrected chi connectivity index (χ3v) is 3.56. The largest absolute Gasteiger partial charge is 0.508 e. The van der Waals surface area contributed by atoms with E-state index in [9.17, 15) is 5.11 Å². The van der Waals surface area contributed by atoms with E-state index >= 15 is 0 Å². The van der Waals surface area contributed by atoms with Crippen LogP contribution >= 0.6 is 15.9 Å². The quantitative estimate of drug-likeness (QED) is 0.880. The van der Waals surface area contributed by atoms with Gasteiger partial charge in [-0.2, -0.15) is 0 Å². The Hall–Kier alpha value is -0.580. The molecule has 17 heavy (non-hydrogen) atoms. The fraction of sp³-hybridized carbons (Fsp3) is 0.538. The van der Waals surface area contributed by atoms with Crippen molar-refractivity contribution >= 4 is 15.9 Å². The van der Waals surface area contributed by atoms with E-state index < -0.39 is 0 Å². The molecule has 0 unspecified atom stereocenters. The van der Waals surface area contributed by atoms with E-state index in [1.54, 1.807) is 6.07 Å². The molecule has 3 nitrogen and oxygen atoms in total. The van der Waals surface area contributed by atoms with E-state index in [4.69, 9.17) is 0 Å². The fourth-order valence-electron chi connectivity index (χ4n) is 2.49. The van der Waals surface area contributed by atoms with Crippen molar-refractivity contribution in [2.45, 2.75) is 32.5 Å². The highest BCUT2D eigenvalue weighted by Crippen LogP contribution is 2.23. The molecule has 0 aromatic heterocycles. The number of nitrogens with zero attached hydrogens (tertiary/aromatic N) is 1. The number of hydrogen-bond donors (Lipinski definition) is 2. The minimum absolute atomic E-state index is 0.382. The van der Waals surface area contributed by atoms with Gasteiger partial charge in [-0.05, 0) is 32.0 Å². The molecular formula is C13H19BrN2O. The molecule has 1 aliphatic heterocycles. The van der Waals surface area contributed by atoms with E-state index in [0.717, 1.165) is 29.7 Å². The molecule has 0 saturated carbocycles. The SMILES string of the molecule is C[C@@H]1CN(Cc2cc(Br)ccc2O)C[C@H](C)N1. The van der Waals surface area contributed by atoms with Gasteiger partial charge in [-0.1, -0.05) is 15.9 Å². The molecule has 0 radical (unpaired) electrons. The second-order valence-electron chi connectivity index (χ2n) is 4.94. The van der Waals surface area contributed by atoms with E-state index in [1.165, 1.54) is 0 Å². The maximum absolute atomic E-state index is 9.83. The van der Waals surface area contributed by atoms with Crippen LogP contribution in [0.3, 0.4) is 0 Å². The van der Waals surface area contributed by atoms with Crippen LogP contribution in [0.25, 0.3) is 0 Å². The summed E-state index contributed by atoms with van der Waals surface area (Å²) in [6.45, 7) is 7.25. The summed E-state index contributed by atoms with van der Waals surface area (Å²) in [5.74, 6) is 0.382. The van der Waals surface area contributed by atoms with Crippen molar-refractivity contribution in [1.29, 1.82) is 0 Å². The van der Waals surface area contributed by atoms with Crippen LogP contribution in [0.2, 0.25) is 0 Å². The van der Waals surface area contributed by atoms with Crippen LogP contribution in [0, 0.1) is 0 Å². The van der Waals surface area contributed by atoms with Crippen LogP contribution in [0.5, 0.6) is 5.75 Å². The molecule has 1 saturated heterocycles. The molecule has 0 spiro atoms. The smallest absolute Gasteiger partial charge is 0.120 e. The summed E-state index contributed by atoms with van der Waals surface area (Å²) in [7, 11) is 0. The molecular weight excluding hydrogens is 280 g/mol. The minimum atomic E-state index is 0.382. The molecule has 0 amide bonds. The molecule has 1 aromatic carbocycles. The number of halogens is 1. The number of rotatable bonds is 2. The summed E-state index contributed by atoms with van der Waals surface area (Å²) >= 11 is 3.44. The van der Waals surface area contributed by atoms with Crippen LogP contribution < -0.4 is 5.32 Å². The summed E-state index contributed by atoms with van der Waals surface area (Å²) in [4.78, 5) is 2.38. The van der Waals surface area contributed by atoms with E-state index in [1.807, 2.05) is 12.1 Å². The first-order chi connectivity index (χ1) is 8.04. The van der Waals surface area contributed by atoms with Crippen LogP contribution in [0.1, 0.15) is 19.4 Å². The Bertz CT molecular complexity index is 387. The van der Waals surface area contributed by atoms with Crippen molar-refractivity contribution < 1.29 is 5.11 Å². The van der Waals surface area contributed by atoms with Crippen molar-refractivity contribution in [1.82, 2.24) is 10.2 Å².